The number of pyridine rings is 1. The summed E-state index contributed by atoms with van der Waals surface area (Å²) in [5.41, 5.74) is 3.02. The first-order chi connectivity index (χ1) is 9.49. The van der Waals surface area contributed by atoms with Crippen LogP contribution in [0.25, 0.3) is 11.2 Å². The van der Waals surface area contributed by atoms with Gasteiger partial charge in [-0.3, -0.25) is 0 Å². The van der Waals surface area contributed by atoms with E-state index < -0.39 is 0 Å². The van der Waals surface area contributed by atoms with E-state index >= 15 is 0 Å². The molecular formula is C15H23ClN4. The third kappa shape index (κ3) is 3.49. The van der Waals surface area contributed by atoms with Gasteiger partial charge in [-0.05, 0) is 59.0 Å². The summed E-state index contributed by atoms with van der Waals surface area (Å²) in [7, 11) is 4.20. The number of unbranched alkanes of at least 4 members (excludes halogenated alkanes) is 1. The van der Waals surface area contributed by atoms with Gasteiger partial charge in [-0.25, -0.2) is 9.97 Å². The highest BCUT2D eigenvalue weighted by Crippen LogP contribution is 2.24. The van der Waals surface area contributed by atoms with Gasteiger partial charge in [0.1, 0.15) is 11.3 Å². The van der Waals surface area contributed by atoms with Crippen LogP contribution in [-0.4, -0.2) is 40.1 Å². The average Bonchev–Trinajstić information content (AvgIpc) is 2.72. The molecule has 1 atom stereocenters. The monoisotopic (exact) mass is 294 g/mol. The Hall–Kier alpha value is -1.13. The van der Waals surface area contributed by atoms with Crippen molar-refractivity contribution < 1.29 is 0 Å². The zero-order valence-electron chi connectivity index (χ0n) is 12.7. The van der Waals surface area contributed by atoms with Crippen molar-refractivity contribution in [3.05, 3.63) is 23.7 Å². The summed E-state index contributed by atoms with van der Waals surface area (Å²) in [5, 5.41) is -0.0987. The van der Waals surface area contributed by atoms with Gasteiger partial charge >= 0.3 is 0 Å². The van der Waals surface area contributed by atoms with Crippen molar-refractivity contribution in [1.82, 2.24) is 19.4 Å². The van der Waals surface area contributed by atoms with Crippen molar-refractivity contribution in [3.63, 3.8) is 0 Å². The zero-order chi connectivity index (χ0) is 14.7. The number of nitrogens with zero attached hydrogens (tertiary/aromatic N) is 4. The zero-order valence-corrected chi connectivity index (χ0v) is 13.5. The predicted octanol–water partition coefficient (Wildman–Crippen LogP) is 3.38. The minimum absolute atomic E-state index is 0.0987. The van der Waals surface area contributed by atoms with Crippen LogP contribution in [0.2, 0.25) is 0 Å². The first-order valence-corrected chi connectivity index (χ1v) is 7.54. The molecule has 2 rings (SSSR count). The van der Waals surface area contributed by atoms with Crippen molar-refractivity contribution in [3.8, 4) is 0 Å². The molecule has 0 spiro atoms. The van der Waals surface area contributed by atoms with Gasteiger partial charge in [-0.15, -0.1) is 11.6 Å². The van der Waals surface area contributed by atoms with Gasteiger partial charge < -0.3 is 9.47 Å². The third-order valence-electron chi connectivity index (χ3n) is 3.34. The number of imidazole rings is 1. The fourth-order valence-electron chi connectivity index (χ4n) is 2.35. The summed E-state index contributed by atoms with van der Waals surface area (Å²) in [6.45, 7) is 6.02. The second-order valence-electron chi connectivity index (χ2n) is 5.60. The maximum absolute atomic E-state index is 6.26. The van der Waals surface area contributed by atoms with Gasteiger partial charge in [0.05, 0.1) is 5.38 Å². The van der Waals surface area contributed by atoms with Crippen LogP contribution in [-0.2, 0) is 6.54 Å². The molecule has 1 unspecified atom stereocenters. The molecule has 0 saturated heterocycles. The molecule has 0 amide bonds. The van der Waals surface area contributed by atoms with Gasteiger partial charge in [-0.1, -0.05) is 0 Å². The SMILES string of the molecule is Cc1cnc2c(c1)nc(C(C)Cl)n2CCCCN(C)C. The van der Waals surface area contributed by atoms with Crippen molar-refractivity contribution in [2.45, 2.75) is 38.6 Å². The molecule has 0 fully saturated rings. The molecule has 20 heavy (non-hydrogen) atoms. The average molecular weight is 295 g/mol. The van der Waals surface area contributed by atoms with Crippen LogP contribution >= 0.6 is 11.6 Å². The number of hydrogen-bond donors (Lipinski definition) is 0. The second-order valence-corrected chi connectivity index (χ2v) is 6.26. The van der Waals surface area contributed by atoms with E-state index in [4.69, 9.17) is 11.6 Å². The minimum Gasteiger partial charge on any atom is -0.311 e. The Bertz CT molecular complexity index is 575. The summed E-state index contributed by atoms with van der Waals surface area (Å²) in [5.74, 6) is 0.921. The molecule has 0 aliphatic heterocycles. The maximum Gasteiger partial charge on any atom is 0.160 e. The Balaban J connectivity index is 2.22. The number of halogens is 1. The molecule has 110 valence electrons. The molecule has 0 aliphatic carbocycles. The molecule has 0 aromatic carbocycles. The Kier molecular flexibility index (Phi) is 5.00. The predicted molar refractivity (Wildman–Crippen MR) is 84.3 cm³/mol. The highest BCUT2D eigenvalue weighted by atomic mass is 35.5. The van der Waals surface area contributed by atoms with E-state index in [1.807, 2.05) is 20.0 Å². The minimum atomic E-state index is -0.0987. The van der Waals surface area contributed by atoms with E-state index in [1.54, 1.807) is 0 Å². The summed E-state index contributed by atoms with van der Waals surface area (Å²) >= 11 is 6.26. The van der Waals surface area contributed by atoms with Crippen LogP contribution in [0, 0.1) is 6.92 Å². The lowest BCUT2D eigenvalue weighted by molar-refractivity contribution is 0.387. The third-order valence-corrected chi connectivity index (χ3v) is 3.54. The molecule has 0 saturated carbocycles. The molecule has 5 heteroatoms. The topological polar surface area (TPSA) is 34.0 Å². The first kappa shape index (κ1) is 15.3. The van der Waals surface area contributed by atoms with E-state index in [-0.39, 0.29) is 5.38 Å². The van der Waals surface area contributed by atoms with Crippen LogP contribution in [0.4, 0.5) is 0 Å². The summed E-state index contributed by atoms with van der Waals surface area (Å²) in [4.78, 5) is 11.4. The summed E-state index contributed by atoms with van der Waals surface area (Å²) < 4.78 is 2.17. The molecule has 0 N–H and O–H groups in total. The van der Waals surface area contributed by atoms with Gasteiger partial charge in [0.25, 0.3) is 0 Å². The Morgan fingerprint density at radius 3 is 2.75 bits per heavy atom. The van der Waals surface area contributed by atoms with E-state index in [9.17, 15) is 0 Å². The van der Waals surface area contributed by atoms with Crippen molar-refractivity contribution in [2.75, 3.05) is 20.6 Å². The lowest BCUT2D eigenvalue weighted by Crippen LogP contribution is -2.14. The van der Waals surface area contributed by atoms with Crippen molar-refractivity contribution >= 4 is 22.8 Å². The molecule has 0 radical (unpaired) electrons. The van der Waals surface area contributed by atoms with Crippen LogP contribution < -0.4 is 0 Å². The van der Waals surface area contributed by atoms with Crippen molar-refractivity contribution in [1.29, 1.82) is 0 Å². The van der Waals surface area contributed by atoms with E-state index in [2.05, 4.69) is 39.6 Å². The lowest BCUT2D eigenvalue weighted by atomic mass is 10.3. The summed E-state index contributed by atoms with van der Waals surface area (Å²) in [6, 6.07) is 2.07. The summed E-state index contributed by atoms with van der Waals surface area (Å²) in [6.07, 6.45) is 4.16. The van der Waals surface area contributed by atoms with Crippen molar-refractivity contribution in [2.24, 2.45) is 0 Å². The molecule has 2 aromatic rings. The number of fused-ring (bicyclic) bond motifs is 1. The van der Waals surface area contributed by atoms with E-state index in [0.29, 0.717) is 0 Å². The lowest BCUT2D eigenvalue weighted by Gasteiger charge is -2.12. The highest BCUT2D eigenvalue weighted by molar-refractivity contribution is 6.20. The van der Waals surface area contributed by atoms with Gasteiger partial charge in [0.15, 0.2) is 5.65 Å². The second kappa shape index (κ2) is 6.55. The van der Waals surface area contributed by atoms with Gasteiger partial charge in [-0.2, -0.15) is 0 Å². The van der Waals surface area contributed by atoms with Crippen LogP contribution in [0.3, 0.4) is 0 Å². The van der Waals surface area contributed by atoms with Gasteiger partial charge in [0.2, 0.25) is 0 Å². The maximum atomic E-state index is 6.26. The van der Waals surface area contributed by atoms with Crippen LogP contribution in [0.5, 0.6) is 0 Å². The standard InChI is InChI=1S/C15H23ClN4/c1-11-9-13-15(17-10-11)20(14(18-13)12(2)16)8-6-5-7-19(3)4/h9-10,12H,5-8H2,1-4H3. The molecule has 2 aromatic heterocycles. The number of aromatic nitrogens is 3. The largest absolute Gasteiger partial charge is 0.311 e. The fourth-order valence-corrected chi connectivity index (χ4v) is 2.52. The molecular weight excluding hydrogens is 272 g/mol. The smallest absolute Gasteiger partial charge is 0.160 e. The van der Waals surface area contributed by atoms with Crippen LogP contribution in [0.1, 0.15) is 36.5 Å². The molecule has 2 heterocycles. The Labute approximate surface area is 125 Å². The van der Waals surface area contributed by atoms with E-state index in [0.717, 1.165) is 48.5 Å². The normalized spacial score (nSPS) is 13.3. The molecule has 4 nitrogen and oxygen atoms in total. The number of hydrogen-bond acceptors (Lipinski definition) is 3. The van der Waals surface area contributed by atoms with Crippen LogP contribution in [0.15, 0.2) is 12.3 Å². The molecule has 0 bridgehead atoms. The first-order valence-electron chi connectivity index (χ1n) is 7.10. The number of alkyl halides is 1. The quantitative estimate of drug-likeness (QED) is 0.605. The molecule has 0 aliphatic rings. The number of aryl methyl sites for hydroxylation is 2. The Morgan fingerprint density at radius 2 is 2.10 bits per heavy atom. The Morgan fingerprint density at radius 1 is 1.35 bits per heavy atom. The van der Waals surface area contributed by atoms with E-state index in [1.165, 1.54) is 0 Å². The number of rotatable bonds is 6. The van der Waals surface area contributed by atoms with Gasteiger partial charge in [0, 0.05) is 12.7 Å². The fraction of sp³-hybridized carbons (Fsp3) is 0.600. The highest BCUT2D eigenvalue weighted by Gasteiger charge is 2.15.